The minimum absolute atomic E-state index is 0. The van der Waals surface area contributed by atoms with Crippen LogP contribution in [0.3, 0.4) is 0 Å². The number of benzene rings is 1. The molecule has 0 saturated carbocycles. The number of aliphatic imine (C=N–C) groups is 1. The normalized spacial score (nSPS) is 14.9. The Labute approximate surface area is 138 Å². The molecule has 112 valence electrons. The van der Waals surface area contributed by atoms with Gasteiger partial charge in [0.25, 0.3) is 0 Å². The first kappa shape index (κ1) is 17.1. The number of hydrogen-bond donors (Lipinski definition) is 1. The van der Waals surface area contributed by atoms with Gasteiger partial charge in [-0.2, -0.15) is 0 Å². The highest BCUT2D eigenvalue weighted by atomic mass is 127. The summed E-state index contributed by atoms with van der Waals surface area (Å²) in [4.78, 5) is 6.66. The van der Waals surface area contributed by atoms with Gasteiger partial charge < -0.3 is 15.0 Å². The van der Waals surface area contributed by atoms with Gasteiger partial charge in [0, 0.05) is 26.7 Å². The van der Waals surface area contributed by atoms with Crippen LogP contribution in [0, 0.1) is 6.92 Å². The van der Waals surface area contributed by atoms with Crippen molar-refractivity contribution >= 4 is 29.9 Å². The van der Waals surface area contributed by atoms with Crippen LogP contribution >= 0.6 is 24.0 Å². The van der Waals surface area contributed by atoms with Crippen LogP contribution in [0.2, 0.25) is 0 Å². The Morgan fingerprint density at radius 2 is 2.05 bits per heavy atom. The van der Waals surface area contributed by atoms with E-state index in [0.29, 0.717) is 0 Å². The maximum absolute atomic E-state index is 5.35. The molecule has 1 fully saturated rings. The topological polar surface area (TPSA) is 36.9 Å². The quantitative estimate of drug-likeness (QED) is 0.491. The number of likely N-dealkylation sites (tertiary alicyclic amines) is 1. The average molecular weight is 389 g/mol. The molecule has 0 amide bonds. The molecule has 0 bridgehead atoms. The lowest BCUT2D eigenvalue weighted by molar-refractivity contribution is 0.411. The SMILES string of the molecule is CN=C(NCc1ccc(C)c(OC)c1)N1CCCC1.I. The molecule has 2 rings (SSSR count). The summed E-state index contributed by atoms with van der Waals surface area (Å²) in [6, 6.07) is 6.30. The lowest BCUT2D eigenvalue weighted by Gasteiger charge is -2.21. The lowest BCUT2D eigenvalue weighted by atomic mass is 10.1. The molecule has 1 saturated heterocycles. The first-order valence-electron chi connectivity index (χ1n) is 6.83. The van der Waals surface area contributed by atoms with Crippen molar-refractivity contribution in [2.45, 2.75) is 26.3 Å². The maximum Gasteiger partial charge on any atom is 0.193 e. The number of nitrogens with zero attached hydrogens (tertiary/aromatic N) is 2. The van der Waals surface area contributed by atoms with Crippen molar-refractivity contribution in [3.05, 3.63) is 29.3 Å². The van der Waals surface area contributed by atoms with E-state index >= 15 is 0 Å². The number of ether oxygens (including phenoxy) is 1. The maximum atomic E-state index is 5.35. The lowest BCUT2D eigenvalue weighted by Crippen LogP contribution is -2.39. The standard InChI is InChI=1S/C15H23N3O.HI/c1-12-6-7-13(10-14(12)19-3)11-17-15(16-2)18-8-4-5-9-18;/h6-7,10H,4-5,8-9,11H2,1-3H3,(H,16,17);1H. The fourth-order valence-corrected chi connectivity index (χ4v) is 2.42. The van der Waals surface area contributed by atoms with Crippen molar-refractivity contribution in [3.63, 3.8) is 0 Å². The van der Waals surface area contributed by atoms with Gasteiger partial charge in [0.05, 0.1) is 7.11 Å². The Hall–Kier alpha value is -0.980. The van der Waals surface area contributed by atoms with E-state index in [1.807, 2.05) is 7.05 Å². The summed E-state index contributed by atoms with van der Waals surface area (Å²) in [5.41, 5.74) is 2.37. The first-order valence-corrected chi connectivity index (χ1v) is 6.83. The summed E-state index contributed by atoms with van der Waals surface area (Å²) in [7, 11) is 3.55. The van der Waals surface area contributed by atoms with E-state index in [0.717, 1.165) is 36.9 Å². The molecule has 1 heterocycles. The second-order valence-electron chi connectivity index (χ2n) is 4.90. The highest BCUT2D eigenvalue weighted by molar-refractivity contribution is 14.0. The van der Waals surface area contributed by atoms with Gasteiger partial charge in [0.2, 0.25) is 0 Å². The molecule has 0 spiro atoms. The number of hydrogen-bond acceptors (Lipinski definition) is 2. The first-order chi connectivity index (χ1) is 9.24. The third-order valence-electron chi connectivity index (χ3n) is 3.54. The van der Waals surface area contributed by atoms with Crippen LogP contribution in [0.1, 0.15) is 24.0 Å². The molecule has 1 aliphatic heterocycles. The molecule has 20 heavy (non-hydrogen) atoms. The molecule has 0 radical (unpaired) electrons. The van der Waals surface area contributed by atoms with E-state index in [-0.39, 0.29) is 24.0 Å². The number of aryl methyl sites for hydroxylation is 1. The molecular formula is C15H24IN3O. The van der Waals surface area contributed by atoms with Gasteiger partial charge in [-0.15, -0.1) is 24.0 Å². The Morgan fingerprint density at radius 3 is 2.65 bits per heavy atom. The molecule has 4 nitrogen and oxygen atoms in total. The van der Waals surface area contributed by atoms with Crippen LogP contribution in [0.5, 0.6) is 5.75 Å². The van der Waals surface area contributed by atoms with E-state index in [1.54, 1.807) is 7.11 Å². The highest BCUT2D eigenvalue weighted by Gasteiger charge is 2.15. The fourth-order valence-electron chi connectivity index (χ4n) is 2.42. The Kier molecular flexibility index (Phi) is 7.12. The molecule has 5 heteroatoms. The molecule has 1 aliphatic rings. The van der Waals surface area contributed by atoms with E-state index in [1.165, 1.54) is 18.4 Å². The number of halogens is 1. The number of rotatable bonds is 3. The smallest absolute Gasteiger partial charge is 0.193 e. The molecule has 0 atom stereocenters. The average Bonchev–Trinajstić information content (AvgIpc) is 2.95. The van der Waals surface area contributed by atoms with Crippen LogP contribution in [0.4, 0.5) is 0 Å². The van der Waals surface area contributed by atoms with E-state index in [2.05, 4.69) is 40.3 Å². The second-order valence-corrected chi connectivity index (χ2v) is 4.90. The number of methoxy groups -OCH3 is 1. The van der Waals surface area contributed by atoms with Crippen molar-refractivity contribution in [2.75, 3.05) is 27.2 Å². The molecule has 0 aliphatic carbocycles. The minimum atomic E-state index is 0. The van der Waals surface area contributed by atoms with Crippen LogP contribution < -0.4 is 10.1 Å². The number of guanidine groups is 1. The molecule has 1 aromatic rings. The molecule has 0 unspecified atom stereocenters. The predicted octanol–water partition coefficient (Wildman–Crippen LogP) is 2.79. The highest BCUT2D eigenvalue weighted by Crippen LogP contribution is 2.18. The molecule has 0 aromatic heterocycles. The summed E-state index contributed by atoms with van der Waals surface area (Å²) < 4.78 is 5.35. The number of nitrogens with one attached hydrogen (secondary N) is 1. The van der Waals surface area contributed by atoms with Crippen molar-refractivity contribution in [1.82, 2.24) is 10.2 Å². The van der Waals surface area contributed by atoms with Crippen LogP contribution in [-0.4, -0.2) is 38.1 Å². The third kappa shape index (κ3) is 4.26. The van der Waals surface area contributed by atoms with Gasteiger partial charge in [-0.25, -0.2) is 0 Å². The molecular weight excluding hydrogens is 365 g/mol. The Bertz CT molecular complexity index is 456. The van der Waals surface area contributed by atoms with Gasteiger partial charge in [0.15, 0.2) is 5.96 Å². The zero-order chi connectivity index (χ0) is 13.7. The van der Waals surface area contributed by atoms with Crippen LogP contribution in [-0.2, 0) is 6.54 Å². The van der Waals surface area contributed by atoms with Crippen LogP contribution in [0.25, 0.3) is 0 Å². The van der Waals surface area contributed by atoms with Crippen molar-refractivity contribution in [2.24, 2.45) is 4.99 Å². The molecule has 1 aromatic carbocycles. The van der Waals surface area contributed by atoms with Gasteiger partial charge in [-0.05, 0) is 37.0 Å². The molecule has 1 N–H and O–H groups in total. The Morgan fingerprint density at radius 1 is 1.35 bits per heavy atom. The monoisotopic (exact) mass is 389 g/mol. The summed E-state index contributed by atoms with van der Waals surface area (Å²) in [5, 5.41) is 3.42. The van der Waals surface area contributed by atoms with Gasteiger partial charge in [-0.1, -0.05) is 12.1 Å². The van der Waals surface area contributed by atoms with Gasteiger partial charge >= 0.3 is 0 Å². The summed E-state index contributed by atoms with van der Waals surface area (Å²) >= 11 is 0. The van der Waals surface area contributed by atoms with E-state index < -0.39 is 0 Å². The van der Waals surface area contributed by atoms with Crippen molar-refractivity contribution < 1.29 is 4.74 Å². The predicted molar refractivity (Wildman–Crippen MR) is 94.2 cm³/mol. The zero-order valence-corrected chi connectivity index (χ0v) is 14.8. The van der Waals surface area contributed by atoms with E-state index in [4.69, 9.17) is 4.74 Å². The summed E-state index contributed by atoms with van der Waals surface area (Å²) in [6.07, 6.45) is 2.53. The minimum Gasteiger partial charge on any atom is -0.496 e. The second kappa shape index (κ2) is 8.34. The van der Waals surface area contributed by atoms with Crippen molar-refractivity contribution in [1.29, 1.82) is 0 Å². The fraction of sp³-hybridized carbons (Fsp3) is 0.533. The van der Waals surface area contributed by atoms with Crippen LogP contribution in [0.15, 0.2) is 23.2 Å². The third-order valence-corrected chi connectivity index (χ3v) is 3.54. The van der Waals surface area contributed by atoms with Gasteiger partial charge in [-0.3, -0.25) is 4.99 Å². The largest absolute Gasteiger partial charge is 0.496 e. The van der Waals surface area contributed by atoms with E-state index in [9.17, 15) is 0 Å². The summed E-state index contributed by atoms with van der Waals surface area (Å²) in [6.45, 7) is 5.05. The van der Waals surface area contributed by atoms with Gasteiger partial charge in [0.1, 0.15) is 5.75 Å². The zero-order valence-electron chi connectivity index (χ0n) is 12.5. The van der Waals surface area contributed by atoms with Crippen molar-refractivity contribution in [3.8, 4) is 5.75 Å². The Balaban J connectivity index is 0.00000200. The summed E-state index contributed by atoms with van der Waals surface area (Å²) in [5.74, 6) is 1.94.